The second kappa shape index (κ2) is 9.76. The van der Waals surface area contributed by atoms with Crippen LogP contribution >= 0.6 is 0 Å². The molecule has 0 bridgehead atoms. The van der Waals surface area contributed by atoms with E-state index in [0.29, 0.717) is 35.9 Å². The number of nitrogens with one attached hydrogen (secondary N) is 2. The number of hydrogen-bond donors (Lipinski definition) is 2. The predicted molar refractivity (Wildman–Crippen MR) is 109 cm³/mol. The van der Waals surface area contributed by atoms with Crippen LogP contribution in [0.15, 0.2) is 42.5 Å². The van der Waals surface area contributed by atoms with Crippen LogP contribution in [0.5, 0.6) is 5.75 Å². The Labute approximate surface area is 161 Å². The molecule has 0 atom stereocenters. The van der Waals surface area contributed by atoms with E-state index in [1.807, 2.05) is 19.1 Å². The number of aryl methyl sites for hydroxylation is 1. The van der Waals surface area contributed by atoms with Gasteiger partial charge in [-0.1, -0.05) is 26.8 Å². The third kappa shape index (κ3) is 6.44. The molecule has 2 aromatic rings. The zero-order valence-corrected chi connectivity index (χ0v) is 16.5. The highest BCUT2D eigenvalue weighted by Gasteiger charge is 2.09. The van der Waals surface area contributed by atoms with Gasteiger partial charge in [0.2, 0.25) is 5.91 Å². The van der Waals surface area contributed by atoms with Gasteiger partial charge in [0.05, 0.1) is 6.61 Å². The van der Waals surface area contributed by atoms with E-state index in [9.17, 15) is 9.59 Å². The summed E-state index contributed by atoms with van der Waals surface area (Å²) in [6, 6.07) is 12.5. The van der Waals surface area contributed by atoms with Crippen LogP contribution in [0, 0.1) is 12.8 Å². The van der Waals surface area contributed by atoms with Crippen molar-refractivity contribution in [3.8, 4) is 5.75 Å². The zero-order chi connectivity index (χ0) is 19.8. The lowest BCUT2D eigenvalue weighted by molar-refractivity contribution is -0.115. The monoisotopic (exact) mass is 368 g/mol. The molecular formula is C22H28N2O3. The third-order valence-electron chi connectivity index (χ3n) is 4.17. The summed E-state index contributed by atoms with van der Waals surface area (Å²) in [5.41, 5.74) is 2.83. The van der Waals surface area contributed by atoms with Gasteiger partial charge in [0.25, 0.3) is 5.91 Å². The maximum atomic E-state index is 12.5. The predicted octanol–water partition coefficient (Wildman–Crippen LogP) is 5.02. The molecule has 0 saturated heterocycles. The lowest BCUT2D eigenvalue weighted by atomic mass is 10.1. The minimum absolute atomic E-state index is 0.0605. The first-order valence-electron chi connectivity index (χ1n) is 9.33. The van der Waals surface area contributed by atoms with Crippen LogP contribution in [0.25, 0.3) is 0 Å². The number of ether oxygens (including phenoxy) is 1. The average Bonchev–Trinajstić information content (AvgIpc) is 2.64. The maximum absolute atomic E-state index is 12.5. The minimum atomic E-state index is -0.208. The Hall–Kier alpha value is -2.82. The van der Waals surface area contributed by atoms with Crippen molar-refractivity contribution in [1.82, 2.24) is 0 Å². The summed E-state index contributed by atoms with van der Waals surface area (Å²) in [5.74, 6) is 1.08. The summed E-state index contributed by atoms with van der Waals surface area (Å²) >= 11 is 0. The quantitative estimate of drug-likeness (QED) is 0.687. The summed E-state index contributed by atoms with van der Waals surface area (Å²) in [6.07, 6.45) is 1.40. The number of carbonyl (C=O) groups is 2. The third-order valence-corrected chi connectivity index (χ3v) is 4.17. The first-order chi connectivity index (χ1) is 12.9. The highest BCUT2D eigenvalue weighted by Crippen LogP contribution is 2.21. The standard InChI is InChI=1S/C22H28N2O3/c1-5-21(25)24-20-14-18(9-6-16(20)4)23-22(26)17-7-10-19(11-8-17)27-13-12-15(2)3/h6-11,14-15H,5,12-13H2,1-4H3,(H,23,26)(H,24,25). The lowest BCUT2D eigenvalue weighted by Crippen LogP contribution is -2.14. The fourth-order valence-electron chi connectivity index (χ4n) is 2.39. The molecule has 2 amide bonds. The van der Waals surface area contributed by atoms with Crippen LogP contribution in [0.2, 0.25) is 0 Å². The Morgan fingerprint density at radius 2 is 1.74 bits per heavy atom. The molecule has 2 rings (SSSR count). The van der Waals surface area contributed by atoms with Gasteiger partial charge in [0, 0.05) is 23.4 Å². The molecule has 144 valence electrons. The molecule has 0 heterocycles. The second-order valence-electron chi connectivity index (χ2n) is 6.94. The van der Waals surface area contributed by atoms with Crippen molar-refractivity contribution in [2.75, 3.05) is 17.2 Å². The number of benzene rings is 2. The van der Waals surface area contributed by atoms with E-state index in [0.717, 1.165) is 17.7 Å². The van der Waals surface area contributed by atoms with Crippen LogP contribution in [-0.4, -0.2) is 18.4 Å². The van der Waals surface area contributed by atoms with E-state index in [1.54, 1.807) is 37.3 Å². The number of carbonyl (C=O) groups excluding carboxylic acids is 2. The summed E-state index contributed by atoms with van der Waals surface area (Å²) in [5, 5.41) is 5.70. The molecule has 0 aromatic heterocycles. The van der Waals surface area contributed by atoms with Gasteiger partial charge in [-0.05, 0) is 61.2 Å². The number of amides is 2. The summed E-state index contributed by atoms with van der Waals surface area (Å²) in [7, 11) is 0. The van der Waals surface area contributed by atoms with Crippen LogP contribution in [-0.2, 0) is 4.79 Å². The molecule has 0 aliphatic heterocycles. The van der Waals surface area contributed by atoms with Crippen molar-refractivity contribution >= 4 is 23.2 Å². The van der Waals surface area contributed by atoms with Gasteiger partial charge in [-0.2, -0.15) is 0 Å². The Morgan fingerprint density at radius 3 is 2.37 bits per heavy atom. The van der Waals surface area contributed by atoms with E-state index < -0.39 is 0 Å². The summed E-state index contributed by atoms with van der Waals surface area (Å²) < 4.78 is 5.67. The van der Waals surface area contributed by atoms with Gasteiger partial charge in [0.1, 0.15) is 5.75 Å². The van der Waals surface area contributed by atoms with Crippen molar-refractivity contribution in [1.29, 1.82) is 0 Å². The van der Waals surface area contributed by atoms with Crippen molar-refractivity contribution < 1.29 is 14.3 Å². The topological polar surface area (TPSA) is 67.4 Å². The summed E-state index contributed by atoms with van der Waals surface area (Å²) in [6.45, 7) is 8.68. The van der Waals surface area contributed by atoms with E-state index >= 15 is 0 Å². The molecule has 0 fully saturated rings. The highest BCUT2D eigenvalue weighted by atomic mass is 16.5. The molecule has 2 aromatic carbocycles. The summed E-state index contributed by atoms with van der Waals surface area (Å²) in [4.78, 5) is 24.1. The Balaban J connectivity index is 2.00. The number of hydrogen-bond acceptors (Lipinski definition) is 3. The van der Waals surface area contributed by atoms with Gasteiger partial charge in [-0.25, -0.2) is 0 Å². The average molecular weight is 368 g/mol. The van der Waals surface area contributed by atoms with E-state index in [2.05, 4.69) is 24.5 Å². The van der Waals surface area contributed by atoms with Crippen molar-refractivity contribution in [2.45, 2.75) is 40.5 Å². The van der Waals surface area contributed by atoms with Gasteiger partial charge in [0.15, 0.2) is 0 Å². The molecule has 0 spiro atoms. The number of rotatable bonds is 8. The van der Waals surface area contributed by atoms with Crippen LogP contribution < -0.4 is 15.4 Å². The normalized spacial score (nSPS) is 10.6. The molecule has 0 saturated carbocycles. The van der Waals surface area contributed by atoms with Gasteiger partial charge < -0.3 is 15.4 Å². The Morgan fingerprint density at radius 1 is 1.04 bits per heavy atom. The van der Waals surface area contributed by atoms with E-state index in [4.69, 9.17) is 4.74 Å². The molecule has 0 unspecified atom stereocenters. The van der Waals surface area contributed by atoms with Gasteiger partial charge >= 0.3 is 0 Å². The Bertz CT molecular complexity index is 783. The molecule has 5 heteroatoms. The van der Waals surface area contributed by atoms with Gasteiger partial charge in [-0.15, -0.1) is 0 Å². The molecule has 27 heavy (non-hydrogen) atoms. The van der Waals surface area contributed by atoms with Crippen LogP contribution in [0.1, 0.15) is 49.5 Å². The fourth-order valence-corrected chi connectivity index (χ4v) is 2.39. The lowest BCUT2D eigenvalue weighted by Gasteiger charge is -2.12. The second-order valence-corrected chi connectivity index (χ2v) is 6.94. The smallest absolute Gasteiger partial charge is 0.255 e. The fraction of sp³-hybridized carbons (Fsp3) is 0.364. The largest absolute Gasteiger partial charge is 0.494 e. The van der Waals surface area contributed by atoms with E-state index in [-0.39, 0.29) is 11.8 Å². The first kappa shape index (κ1) is 20.5. The minimum Gasteiger partial charge on any atom is -0.494 e. The van der Waals surface area contributed by atoms with Crippen LogP contribution in [0.3, 0.4) is 0 Å². The molecule has 0 aliphatic carbocycles. The van der Waals surface area contributed by atoms with Crippen molar-refractivity contribution in [3.63, 3.8) is 0 Å². The molecule has 0 aliphatic rings. The zero-order valence-electron chi connectivity index (χ0n) is 16.5. The molecule has 2 N–H and O–H groups in total. The van der Waals surface area contributed by atoms with Gasteiger partial charge in [-0.3, -0.25) is 9.59 Å². The Kier molecular flexibility index (Phi) is 7.41. The molecular weight excluding hydrogens is 340 g/mol. The van der Waals surface area contributed by atoms with Crippen LogP contribution in [0.4, 0.5) is 11.4 Å². The molecule has 5 nitrogen and oxygen atoms in total. The molecule has 0 radical (unpaired) electrons. The first-order valence-corrected chi connectivity index (χ1v) is 9.33. The van der Waals surface area contributed by atoms with Crippen molar-refractivity contribution in [3.05, 3.63) is 53.6 Å². The van der Waals surface area contributed by atoms with E-state index in [1.165, 1.54) is 0 Å². The number of anilines is 2. The van der Waals surface area contributed by atoms with Crippen molar-refractivity contribution in [2.24, 2.45) is 5.92 Å². The maximum Gasteiger partial charge on any atom is 0.255 e. The SMILES string of the molecule is CCC(=O)Nc1cc(NC(=O)c2ccc(OCCC(C)C)cc2)ccc1C. The highest BCUT2D eigenvalue weighted by molar-refractivity contribution is 6.04.